The van der Waals surface area contributed by atoms with Crippen LogP contribution in [0.2, 0.25) is 0 Å². The first-order valence-corrected chi connectivity index (χ1v) is 13.7. The van der Waals surface area contributed by atoms with Gasteiger partial charge in [0.15, 0.2) is 16.5 Å². The smallest absolute Gasteiger partial charge is 0.362 e. The molecule has 21 heteroatoms. The summed E-state index contributed by atoms with van der Waals surface area (Å²) in [6.07, 6.45) is 0.734. The second kappa shape index (κ2) is 10.7. The van der Waals surface area contributed by atoms with Crippen molar-refractivity contribution in [2.75, 3.05) is 12.3 Å². The first-order chi connectivity index (χ1) is 19.1. The first kappa shape index (κ1) is 29.2. The highest BCUT2D eigenvalue weighted by molar-refractivity contribution is 7.84. The van der Waals surface area contributed by atoms with E-state index in [4.69, 9.17) is 10.6 Å². The van der Waals surface area contributed by atoms with Crippen molar-refractivity contribution >= 4 is 56.2 Å². The van der Waals surface area contributed by atoms with E-state index >= 15 is 0 Å². The summed E-state index contributed by atoms with van der Waals surface area (Å²) in [5.74, 6) is -5.67. The Morgan fingerprint density at radius 3 is 2.49 bits per heavy atom. The third kappa shape index (κ3) is 5.62. The Morgan fingerprint density at radius 1 is 1.27 bits per heavy atom. The van der Waals surface area contributed by atoms with Crippen LogP contribution in [0.3, 0.4) is 0 Å². The van der Waals surface area contributed by atoms with E-state index < -0.39 is 80.9 Å². The average Bonchev–Trinajstić information content (AvgIpc) is 3.27. The van der Waals surface area contributed by atoms with Crippen molar-refractivity contribution in [3.05, 3.63) is 39.3 Å². The maximum absolute atomic E-state index is 13.2. The molecule has 3 amide bonds. The Morgan fingerprint density at radius 2 is 1.95 bits per heavy atom. The van der Waals surface area contributed by atoms with Crippen LogP contribution < -0.4 is 21.9 Å². The molecule has 8 N–H and O–H groups in total. The molecule has 1 saturated heterocycles. The molecule has 2 aromatic heterocycles. The molecule has 0 aromatic carbocycles. The van der Waals surface area contributed by atoms with Crippen LogP contribution in [-0.2, 0) is 29.5 Å². The van der Waals surface area contributed by atoms with Gasteiger partial charge in [-0.3, -0.25) is 23.7 Å². The molecule has 2 atom stereocenters. The van der Waals surface area contributed by atoms with Gasteiger partial charge in [-0.25, -0.2) is 14.1 Å². The van der Waals surface area contributed by atoms with Crippen molar-refractivity contribution in [2.45, 2.75) is 36.9 Å². The molecule has 0 radical (unpaired) electrons. The van der Waals surface area contributed by atoms with Gasteiger partial charge in [-0.15, -0.1) is 16.1 Å². The van der Waals surface area contributed by atoms with Gasteiger partial charge < -0.3 is 36.6 Å². The molecule has 2 aliphatic rings. The number of nitrogens with two attached hydrogens (primary N) is 1. The predicted molar refractivity (Wildman–Crippen MR) is 134 cm³/mol. The minimum absolute atomic E-state index is 0.00394. The molecule has 4 rings (SSSR count). The van der Waals surface area contributed by atoms with Crippen LogP contribution in [0.25, 0.3) is 0 Å². The molecule has 1 aliphatic carbocycles. The van der Waals surface area contributed by atoms with Crippen LogP contribution >= 0.6 is 11.3 Å². The fourth-order valence-corrected chi connectivity index (χ4v) is 5.37. The Kier molecular flexibility index (Phi) is 7.60. The van der Waals surface area contributed by atoms with E-state index in [2.05, 4.69) is 20.8 Å². The van der Waals surface area contributed by atoms with Gasteiger partial charge in [-0.1, -0.05) is 5.16 Å². The number of anilines is 1. The molecule has 0 unspecified atom stereocenters. The highest BCUT2D eigenvalue weighted by Gasteiger charge is 2.54. The lowest BCUT2D eigenvalue weighted by Gasteiger charge is -2.44. The number of hydrogen-bond acceptors (Lipinski definition) is 14. The number of amides is 3. The van der Waals surface area contributed by atoms with Crippen LogP contribution in [0.15, 0.2) is 27.5 Å². The third-order valence-electron chi connectivity index (χ3n) is 6.24. The van der Waals surface area contributed by atoms with Crippen molar-refractivity contribution in [3.8, 4) is 5.75 Å². The van der Waals surface area contributed by atoms with Crippen molar-refractivity contribution in [2.24, 2.45) is 5.16 Å². The zero-order chi connectivity index (χ0) is 30.3. The van der Waals surface area contributed by atoms with Crippen molar-refractivity contribution in [3.63, 3.8) is 0 Å². The monoisotopic (exact) mass is 615 g/mol. The van der Waals surface area contributed by atoms with Gasteiger partial charge in [-0.2, -0.15) is 8.42 Å². The zero-order valence-electron chi connectivity index (χ0n) is 20.5. The number of oxime groups is 1. The number of carboxylic acids is 1. The second-order valence-corrected chi connectivity index (χ2v) is 11.0. The van der Waals surface area contributed by atoms with Crippen LogP contribution in [0.5, 0.6) is 5.75 Å². The SMILES string of the molecule is Nc1nc(/C(=N/OC2(C(=O)O)CCC2)C(=O)N[C@@H]2C(=O)N(S(=O)(=O)O)[C@@H]2CNC(=O)c2cc(O)cc(=O)n2O)cs1. The number of nitrogens with one attached hydrogen (secondary N) is 2. The first-order valence-electron chi connectivity index (χ1n) is 11.4. The molecule has 220 valence electrons. The number of hydrogen-bond donors (Lipinski definition) is 7. The summed E-state index contributed by atoms with van der Waals surface area (Å²) in [6.45, 7) is -0.756. The van der Waals surface area contributed by atoms with Gasteiger partial charge in [0.1, 0.15) is 17.5 Å². The van der Waals surface area contributed by atoms with E-state index in [0.717, 1.165) is 17.4 Å². The number of nitrogen functional groups attached to an aromatic ring is 1. The summed E-state index contributed by atoms with van der Waals surface area (Å²) in [7, 11) is -5.18. The molecule has 1 saturated carbocycles. The molecule has 0 bridgehead atoms. The molecule has 2 fully saturated rings. The number of aromatic hydroxyl groups is 1. The molecule has 2 aromatic rings. The Balaban J connectivity index is 1.57. The van der Waals surface area contributed by atoms with Crippen LogP contribution in [-0.4, -0.2) is 96.0 Å². The lowest BCUT2D eigenvalue weighted by atomic mass is 9.80. The second-order valence-electron chi connectivity index (χ2n) is 8.84. The number of nitrogens with zero attached hydrogens (tertiary/aromatic N) is 4. The number of aliphatic carboxylic acids is 1. The van der Waals surface area contributed by atoms with Gasteiger partial charge >= 0.3 is 16.3 Å². The molecular formula is C20H21N7O12S2. The van der Waals surface area contributed by atoms with Gasteiger partial charge in [-0.05, 0) is 6.42 Å². The number of carbonyl (C=O) groups is 4. The maximum atomic E-state index is 13.2. The van der Waals surface area contributed by atoms with E-state index in [1.807, 2.05) is 0 Å². The quantitative estimate of drug-likeness (QED) is 0.0477. The Bertz CT molecular complexity index is 1630. The summed E-state index contributed by atoms with van der Waals surface area (Å²) >= 11 is 0.902. The largest absolute Gasteiger partial charge is 0.508 e. The summed E-state index contributed by atoms with van der Waals surface area (Å²) in [5.41, 5.74) is 1.25. The average molecular weight is 616 g/mol. The molecule has 0 spiro atoms. The van der Waals surface area contributed by atoms with E-state index in [9.17, 15) is 52.4 Å². The molecule has 19 nitrogen and oxygen atoms in total. The van der Waals surface area contributed by atoms with E-state index in [1.54, 1.807) is 0 Å². The number of β-lactam (4-membered cyclic amide) rings is 1. The van der Waals surface area contributed by atoms with E-state index in [0.29, 0.717) is 12.5 Å². The lowest BCUT2D eigenvalue weighted by Crippen LogP contribution is -2.74. The predicted octanol–water partition coefficient (Wildman–Crippen LogP) is -2.51. The third-order valence-corrected chi connectivity index (χ3v) is 7.87. The Labute approximate surface area is 232 Å². The minimum Gasteiger partial charge on any atom is -0.508 e. The lowest BCUT2D eigenvalue weighted by molar-refractivity contribution is -0.178. The Hall–Kier alpha value is -4.76. The topological polar surface area (TPSA) is 293 Å². The van der Waals surface area contributed by atoms with Crippen molar-refractivity contribution < 1.29 is 52.4 Å². The highest BCUT2D eigenvalue weighted by atomic mass is 32.2. The fraction of sp³-hybridized carbons (Fsp3) is 0.350. The summed E-state index contributed by atoms with van der Waals surface area (Å²) < 4.78 is 32.9. The summed E-state index contributed by atoms with van der Waals surface area (Å²) in [6, 6.07) is -1.99. The molecule has 1 aliphatic heterocycles. The van der Waals surface area contributed by atoms with Gasteiger partial charge in [0, 0.05) is 36.9 Å². The van der Waals surface area contributed by atoms with E-state index in [1.165, 1.54) is 5.38 Å². The number of thiazole rings is 1. The van der Waals surface area contributed by atoms with Gasteiger partial charge in [0.25, 0.3) is 23.3 Å². The standard InChI is InChI=1S/C20H21N7O12S2/c21-19-23-9(7-40-19)13(25-39-20(18(33)34)2-1-3-20)16(31)24-14-11(27(17(14)32)41(36,37)38)6-22-15(30)10-4-8(28)5-12(29)26(10)35/h4-5,7,11,14,28,35H,1-3,6H2,(H2,21,23)(H,22,30)(H,24,31)(H,33,34)(H,36,37,38)/b25-13-/t11-,14+/m1/s1. The number of carboxylic acid groups (broad SMARTS) is 1. The molecule has 3 heterocycles. The maximum Gasteiger partial charge on any atom is 0.362 e. The minimum atomic E-state index is -5.18. The normalized spacial score (nSPS) is 20.0. The van der Waals surface area contributed by atoms with Gasteiger partial charge in [0.05, 0.1) is 6.04 Å². The zero-order valence-corrected chi connectivity index (χ0v) is 22.1. The van der Waals surface area contributed by atoms with Gasteiger partial charge in [0.2, 0.25) is 5.60 Å². The highest BCUT2D eigenvalue weighted by Crippen LogP contribution is 2.36. The van der Waals surface area contributed by atoms with Crippen LogP contribution in [0.4, 0.5) is 5.13 Å². The molecule has 41 heavy (non-hydrogen) atoms. The van der Waals surface area contributed by atoms with Crippen molar-refractivity contribution in [1.29, 1.82) is 0 Å². The van der Waals surface area contributed by atoms with Crippen molar-refractivity contribution in [1.82, 2.24) is 24.7 Å². The summed E-state index contributed by atoms with van der Waals surface area (Å²) in [5, 5.41) is 38.0. The molecular weight excluding hydrogens is 594 g/mol. The number of carbonyl (C=O) groups excluding carboxylic acids is 3. The van der Waals surface area contributed by atoms with Crippen LogP contribution in [0, 0.1) is 0 Å². The van der Waals surface area contributed by atoms with E-state index in [-0.39, 0.29) is 32.7 Å². The number of rotatable bonds is 10. The number of pyridine rings is 1. The van der Waals surface area contributed by atoms with Crippen LogP contribution in [0.1, 0.15) is 35.4 Å². The fourth-order valence-electron chi connectivity index (χ4n) is 3.95. The number of aromatic nitrogens is 2. The summed E-state index contributed by atoms with van der Waals surface area (Å²) in [4.78, 5) is 70.6.